The molecule has 1 heterocycles. The molecule has 2 aliphatic rings. The smallest absolute Gasteiger partial charge is 0.391 e. The first-order chi connectivity index (χ1) is 13.8. The number of nitrogens with one attached hydrogen (secondary N) is 1. The second kappa shape index (κ2) is 10.8. The Balaban J connectivity index is 0.000000426. The summed E-state index contributed by atoms with van der Waals surface area (Å²) in [5.41, 5.74) is -0.289. The number of hydrogen-bond acceptors (Lipinski definition) is 4. The van der Waals surface area contributed by atoms with Crippen molar-refractivity contribution in [2.45, 2.75) is 63.3 Å². The first-order valence-corrected chi connectivity index (χ1v) is 10.6. The van der Waals surface area contributed by atoms with Gasteiger partial charge < -0.3 is 20.1 Å². The van der Waals surface area contributed by atoms with E-state index in [4.69, 9.17) is 4.74 Å². The zero-order valence-corrected chi connectivity index (χ0v) is 17.8. The maximum Gasteiger partial charge on any atom is 0.416 e. The summed E-state index contributed by atoms with van der Waals surface area (Å²) < 4.78 is 44.2. The van der Waals surface area contributed by atoms with Gasteiger partial charge in [0.2, 0.25) is 0 Å². The molecule has 0 spiro atoms. The summed E-state index contributed by atoms with van der Waals surface area (Å²) in [7, 11) is 1.94. The number of hydrogen-bond donors (Lipinski definition) is 2. The van der Waals surface area contributed by atoms with Crippen LogP contribution in [0.15, 0.2) is 24.3 Å². The van der Waals surface area contributed by atoms with Crippen LogP contribution in [0.3, 0.4) is 0 Å². The quantitative estimate of drug-likeness (QED) is 0.740. The van der Waals surface area contributed by atoms with Crippen LogP contribution in [0, 0.1) is 0 Å². The summed E-state index contributed by atoms with van der Waals surface area (Å²) in [5.74, 6) is 0. The first kappa shape index (κ1) is 24.1. The molecule has 2 fully saturated rings. The van der Waals surface area contributed by atoms with E-state index in [-0.39, 0.29) is 11.5 Å². The van der Waals surface area contributed by atoms with E-state index in [0.29, 0.717) is 12.0 Å². The molecular weight excluding hydrogens is 381 g/mol. The molecule has 7 heteroatoms. The molecule has 2 N–H and O–H groups in total. The maximum atomic E-state index is 13.1. The lowest BCUT2D eigenvalue weighted by Gasteiger charge is -2.53. The number of alkyl halides is 3. The number of likely N-dealkylation sites (N-methyl/N-ethyl adjacent to an activating group) is 1. The molecule has 0 aromatic heterocycles. The molecule has 2 atom stereocenters. The Labute approximate surface area is 172 Å². The summed E-state index contributed by atoms with van der Waals surface area (Å²) in [6.45, 7) is 8.51. The Bertz CT molecular complexity index is 595. The average Bonchev–Trinajstić information content (AvgIpc) is 2.70. The molecule has 1 saturated carbocycles. The number of rotatable bonds is 6. The van der Waals surface area contributed by atoms with Crippen molar-refractivity contribution in [3.8, 4) is 0 Å². The normalized spacial score (nSPS) is 21.0. The van der Waals surface area contributed by atoms with Gasteiger partial charge in [0.25, 0.3) is 0 Å². The lowest BCUT2D eigenvalue weighted by molar-refractivity contribution is -0.137. The molecule has 1 aromatic rings. The molecule has 2 unspecified atom stereocenters. The van der Waals surface area contributed by atoms with E-state index >= 15 is 0 Å². The van der Waals surface area contributed by atoms with E-state index in [2.05, 4.69) is 10.2 Å². The Hall–Kier alpha value is -1.15. The molecule has 1 aromatic carbocycles. The number of benzene rings is 1. The van der Waals surface area contributed by atoms with Crippen LogP contribution >= 0.6 is 0 Å². The summed E-state index contributed by atoms with van der Waals surface area (Å²) in [6, 6.07) is 5.50. The largest absolute Gasteiger partial charge is 0.416 e. The molecule has 3 rings (SSSR count). The number of halogens is 3. The lowest BCUT2D eigenvalue weighted by atomic mass is 9.58. The van der Waals surface area contributed by atoms with Crippen molar-refractivity contribution in [1.82, 2.24) is 10.2 Å². The summed E-state index contributed by atoms with van der Waals surface area (Å²) in [4.78, 5) is 2.08. The third-order valence-corrected chi connectivity index (χ3v) is 6.18. The number of nitrogens with zero attached hydrogens (tertiary/aromatic N) is 1. The van der Waals surface area contributed by atoms with Crippen molar-refractivity contribution in [3.63, 3.8) is 0 Å². The van der Waals surface area contributed by atoms with Crippen molar-refractivity contribution in [2.75, 3.05) is 39.9 Å². The van der Waals surface area contributed by atoms with Gasteiger partial charge in [-0.25, -0.2) is 0 Å². The maximum absolute atomic E-state index is 13.1. The van der Waals surface area contributed by atoms with Crippen LogP contribution in [0.1, 0.15) is 50.7 Å². The Morgan fingerprint density at radius 2 is 1.86 bits per heavy atom. The SMILES string of the molecule is C1COCCN1.CCC(O)C(N(C)CC)C1(c2cccc(C(F)(F)F)c2)CCC1. The lowest BCUT2D eigenvalue weighted by Crippen LogP contribution is -2.58. The third kappa shape index (κ3) is 5.94. The number of ether oxygens (including phenoxy) is 1. The van der Waals surface area contributed by atoms with E-state index < -0.39 is 17.8 Å². The fourth-order valence-electron chi connectivity index (χ4n) is 4.34. The Morgan fingerprint density at radius 3 is 2.24 bits per heavy atom. The monoisotopic (exact) mass is 416 g/mol. The summed E-state index contributed by atoms with van der Waals surface area (Å²) in [6.07, 6.45) is -1.66. The van der Waals surface area contributed by atoms with Crippen molar-refractivity contribution in [1.29, 1.82) is 0 Å². The van der Waals surface area contributed by atoms with Gasteiger partial charge in [-0.05, 0) is 44.5 Å². The molecular formula is C22H35F3N2O2. The van der Waals surface area contributed by atoms with Crippen LogP contribution in [0.5, 0.6) is 0 Å². The van der Waals surface area contributed by atoms with Gasteiger partial charge in [0.1, 0.15) is 0 Å². The van der Waals surface area contributed by atoms with Gasteiger partial charge in [0, 0.05) is 24.5 Å². The van der Waals surface area contributed by atoms with Gasteiger partial charge in [-0.1, -0.05) is 38.5 Å². The van der Waals surface area contributed by atoms with Gasteiger partial charge in [-0.2, -0.15) is 13.2 Å². The summed E-state index contributed by atoms with van der Waals surface area (Å²) >= 11 is 0. The Kier molecular flexibility index (Phi) is 8.94. The van der Waals surface area contributed by atoms with E-state index in [1.54, 1.807) is 6.07 Å². The van der Waals surface area contributed by atoms with Gasteiger partial charge in [0.15, 0.2) is 0 Å². The second-order valence-electron chi connectivity index (χ2n) is 7.94. The van der Waals surface area contributed by atoms with E-state index in [0.717, 1.165) is 58.2 Å². The highest BCUT2D eigenvalue weighted by Gasteiger charge is 2.49. The van der Waals surface area contributed by atoms with Crippen LogP contribution in [0.4, 0.5) is 13.2 Å². The highest BCUT2D eigenvalue weighted by atomic mass is 19.4. The van der Waals surface area contributed by atoms with Crippen LogP contribution in [0.2, 0.25) is 0 Å². The zero-order chi connectivity index (χ0) is 21.5. The predicted octanol–water partition coefficient (Wildman–Crippen LogP) is 3.82. The van der Waals surface area contributed by atoms with Gasteiger partial charge in [0.05, 0.1) is 24.9 Å². The first-order valence-electron chi connectivity index (χ1n) is 10.6. The second-order valence-corrected chi connectivity index (χ2v) is 7.94. The Morgan fingerprint density at radius 1 is 1.21 bits per heavy atom. The molecule has 166 valence electrons. The molecule has 29 heavy (non-hydrogen) atoms. The van der Waals surface area contributed by atoms with Gasteiger partial charge in [-0.15, -0.1) is 0 Å². The van der Waals surface area contributed by atoms with E-state index in [1.807, 2.05) is 20.9 Å². The van der Waals surface area contributed by atoms with Crippen LogP contribution in [0.25, 0.3) is 0 Å². The average molecular weight is 417 g/mol. The number of morpholine rings is 1. The van der Waals surface area contributed by atoms with Crippen LogP contribution in [-0.4, -0.2) is 62.0 Å². The van der Waals surface area contributed by atoms with Gasteiger partial charge in [-0.3, -0.25) is 0 Å². The van der Waals surface area contributed by atoms with Crippen molar-refractivity contribution in [3.05, 3.63) is 35.4 Å². The number of aliphatic hydroxyl groups is 1. The summed E-state index contributed by atoms with van der Waals surface area (Å²) in [5, 5.41) is 13.7. The third-order valence-electron chi connectivity index (χ3n) is 6.18. The fraction of sp³-hybridized carbons (Fsp3) is 0.727. The zero-order valence-electron chi connectivity index (χ0n) is 17.8. The standard InChI is InChI=1S/C18H26F3NO.C4H9NO/c1-4-15(23)16(22(3)5-2)17(10-7-11-17)13-8-6-9-14(12-13)18(19,20)21;1-3-6-4-2-5-1/h6,8-9,12,15-16,23H,4-5,7,10-11H2,1-3H3;5H,1-4H2. The highest BCUT2D eigenvalue weighted by molar-refractivity contribution is 5.36. The minimum atomic E-state index is -4.34. The molecule has 0 amide bonds. The molecule has 0 bridgehead atoms. The van der Waals surface area contributed by atoms with Gasteiger partial charge >= 0.3 is 6.18 Å². The van der Waals surface area contributed by atoms with Crippen LogP contribution in [-0.2, 0) is 16.3 Å². The molecule has 4 nitrogen and oxygen atoms in total. The predicted molar refractivity (Wildman–Crippen MR) is 109 cm³/mol. The van der Waals surface area contributed by atoms with E-state index in [9.17, 15) is 18.3 Å². The van der Waals surface area contributed by atoms with Crippen molar-refractivity contribution < 1.29 is 23.0 Å². The minimum Gasteiger partial charge on any atom is -0.391 e. The fourth-order valence-corrected chi connectivity index (χ4v) is 4.34. The molecule has 0 radical (unpaired) electrons. The topological polar surface area (TPSA) is 44.7 Å². The van der Waals surface area contributed by atoms with Crippen LogP contribution < -0.4 is 5.32 Å². The van der Waals surface area contributed by atoms with Crippen molar-refractivity contribution in [2.24, 2.45) is 0 Å². The molecule has 1 aliphatic carbocycles. The number of aliphatic hydroxyl groups excluding tert-OH is 1. The minimum absolute atomic E-state index is 0.158. The highest BCUT2D eigenvalue weighted by Crippen LogP contribution is 2.50. The van der Waals surface area contributed by atoms with E-state index in [1.165, 1.54) is 12.1 Å². The van der Waals surface area contributed by atoms with Crippen molar-refractivity contribution >= 4 is 0 Å². The molecule has 1 aliphatic heterocycles. The molecule has 1 saturated heterocycles.